The van der Waals surface area contributed by atoms with Crippen LogP contribution in [-0.4, -0.2) is 56.0 Å². The average molecular weight is 542 g/mol. The second-order valence-corrected chi connectivity index (χ2v) is 9.73. The Labute approximate surface area is 229 Å². The number of nitrogens with zero attached hydrogens (tertiary/aromatic N) is 1. The highest BCUT2D eigenvalue weighted by Crippen LogP contribution is 2.26. The van der Waals surface area contributed by atoms with Crippen molar-refractivity contribution < 1.29 is 9.59 Å². The van der Waals surface area contributed by atoms with Crippen molar-refractivity contribution in [3.8, 4) is 0 Å². The van der Waals surface area contributed by atoms with Crippen molar-refractivity contribution in [2.24, 2.45) is 5.73 Å². The molecule has 0 aliphatic carbocycles. The van der Waals surface area contributed by atoms with Gasteiger partial charge >= 0.3 is 0 Å². The standard InChI is InChI=1S/C29H34Cl2N4O2/c1-35(20-24(21-9-4-2-5-10-21)22-11-6-3-7-12-22)29(37)27(13-8-16-32)33-17-18-34-28(36)23-14-15-25(30)26(31)19-23/h2-7,9-12,14-15,19,24,27,33H,8,13,16-18,20,32H2,1H3,(H,34,36)/t27-/m0/s1. The Bertz CT molecular complexity index is 1110. The monoisotopic (exact) mass is 540 g/mol. The number of nitrogens with two attached hydrogens (primary N) is 1. The molecule has 0 aliphatic rings. The van der Waals surface area contributed by atoms with E-state index in [1.165, 1.54) is 6.07 Å². The number of nitrogens with one attached hydrogen (secondary N) is 2. The Balaban J connectivity index is 1.61. The van der Waals surface area contributed by atoms with Crippen LogP contribution >= 0.6 is 23.2 Å². The second-order valence-electron chi connectivity index (χ2n) is 8.92. The van der Waals surface area contributed by atoms with Gasteiger partial charge in [-0.05, 0) is 48.7 Å². The molecule has 0 unspecified atom stereocenters. The SMILES string of the molecule is CN(CC(c1ccccc1)c1ccccc1)C(=O)[C@H](CCCN)NCCNC(=O)c1ccc(Cl)c(Cl)c1. The summed E-state index contributed by atoms with van der Waals surface area (Å²) in [6.07, 6.45) is 1.33. The van der Waals surface area contributed by atoms with Gasteiger partial charge in [0.05, 0.1) is 16.1 Å². The molecule has 0 heterocycles. The Morgan fingerprint density at radius 3 is 2.08 bits per heavy atom. The molecule has 0 aliphatic heterocycles. The molecule has 0 saturated carbocycles. The number of benzene rings is 3. The van der Waals surface area contributed by atoms with E-state index < -0.39 is 6.04 Å². The molecule has 3 aromatic rings. The predicted octanol–water partition coefficient (Wildman–Crippen LogP) is 4.71. The van der Waals surface area contributed by atoms with Gasteiger partial charge in [0.25, 0.3) is 5.91 Å². The minimum absolute atomic E-state index is 0.00104. The van der Waals surface area contributed by atoms with Gasteiger partial charge in [0, 0.05) is 38.2 Å². The highest BCUT2D eigenvalue weighted by molar-refractivity contribution is 6.42. The van der Waals surface area contributed by atoms with Crippen LogP contribution in [0, 0.1) is 0 Å². The third kappa shape index (κ3) is 8.58. The second kappa shape index (κ2) is 14.7. The van der Waals surface area contributed by atoms with Gasteiger partial charge < -0.3 is 21.3 Å². The molecule has 0 aromatic heterocycles. The largest absolute Gasteiger partial charge is 0.351 e. The summed E-state index contributed by atoms with van der Waals surface area (Å²) in [7, 11) is 1.84. The molecule has 4 N–H and O–H groups in total. The molecule has 196 valence electrons. The molecular weight excluding hydrogens is 507 g/mol. The minimum Gasteiger partial charge on any atom is -0.351 e. The topological polar surface area (TPSA) is 87.5 Å². The Morgan fingerprint density at radius 1 is 0.892 bits per heavy atom. The molecule has 0 fully saturated rings. The van der Waals surface area contributed by atoms with Crippen LogP contribution in [0.2, 0.25) is 10.0 Å². The van der Waals surface area contributed by atoms with Gasteiger partial charge in [-0.1, -0.05) is 83.9 Å². The summed E-state index contributed by atoms with van der Waals surface area (Å²) in [5.41, 5.74) is 8.48. The zero-order valence-corrected chi connectivity index (χ0v) is 22.5. The number of carbonyl (C=O) groups excluding carboxylic acids is 2. The van der Waals surface area contributed by atoms with Crippen LogP contribution in [0.25, 0.3) is 0 Å². The van der Waals surface area contributed by atoms with Crippen molar-refractivity contribution >= 4 is 35.0 Å². The van der Waals surface area contributed by atoms with Gasteiger partial charge in [0.1, 0.15) is 0 Å². The normalized spacial score (nSPS) is 11.8. The maximum absolute atomic E-state index is 13.5. The number of amides is 2. The third-order valence-electron chi connectivity index (χ3n) is 6.21. The lowest BCUT2D eigenvalue weighted by Gasteiger charge is -2.29. The number of rotatable bonds is 13. The Morgan fingerprint density at radius 2 is 1.51 bits per heavy atom. The lowest BCUT2D eigenvalue weighted by Crippen LogP contribution is -2.48. The first-order chi connectivity index (χ1) is 17.9. The Hall–Kier alpha value is -2.90. The quantitative estimate of drug-likeness (QED) is 0.274. The van der Waals surface area contributed by atoms with Gasteiger partial charge in [-0.2, -0.15) is 0 Å². The molecule has 37 heavy (non-hydrogen) atoms. The van der Waals surface area contributed by atoms with E-state index in [9.17, 15) is 9.59 Å². The first kappa shape index (κ1) is 28.7. The van der Waals surface area contributed by atoms with Crippen molar-refractivity contribution in [2.45, 2.75) is 24.8 Å². The van der Waals surface area contributed by atoms with Crippen LogP contribution < -0.4 is 16.4 Å². The van der Waals surface area contributed by atoms with Crippen molar-refractivity contribution in [3.63, 3.8) is 0 Å². The zero-order chi connectivity index (χ0) is 26.6. The highest BCUT2D eigenvalue weighted by Gasteiger charge is 2.25. The van der Waals surface area contributed by atoms with Crippen LogP contribution in [-0.2, 0) is 4.79 Å². The fraction of sp³-hybridized carbons (Fsp3) is 0.310. The van der Waals surface area contributed by atoms with E-state index in [-0.39, 0.29) is 17.7 Å². The molecule has 1 atom stereocenters. The fourth-order valence-electron chi connectivity index (χ4n) is 4.20. The lowest BCUT2D eigenvalue weighted by molar-refractivity contribution is -0.132. The molecule has 0 saturated heterocycles. The van der Waals surface area contributed by atoms with Crippen LogP contribution in [0.15, 0.2) is 78.9 Å². The van der Waals surface area contributed by atoms with Crippen LogP contribution in [0.3, 0.4) is 0 Å². The van der Waals surface area contributed by atoms with E-state index >= 15 is 0 Å². The van der Waals surface area contributed by atoms with E-state index in [2.05, 4.69) is 34.9 Å². The Kier molecular flexibility index (Phi) is 11.4. The zero-order valence-electron chi connectivity index (χ0n) is 21.0. The van der Waals surface area contributed by atoms with E-state index in [4.69, 9.17) is 28.9 Å². The van der Waals surface area contributed by atoms with Crippen LogP contribution in [0.1, 0.15) is 40.2 Å². The number of likely N-dealkylation sites (N-methyl/N-ethyl adjacent to an activating group) is 1. The molecule has 3 rings (SSSR count). The van der Waals surface area contributed by atoms with Crippen molar-refractivity contribution in [3.05, 3.63) is 106 Å². The van der Waals surface area contributed by atoms with Crippen LogP contribution in [0.5, 0.6) is 0 Å². The molecule has 8 heteroatoms. The van der Waals surface area contributed by atoms with E-state index in [1.54, 1.807) is 17.0 Å². The van der Waals surface area contributed by atoms with E-state index in [1.807, 2.05) is 43.4 Å². The highest BCUT2D eigenvalue weighted by atomic mass is 35.5. The summed E-state index contributed by atoms with van der Waals surface area (Å²) < 4.78 is 0. The van der Waals surface area contributed by atoms with Crippen molar-refractivity contribution in [2.75, 3.05) is 33.2 Å². The van der Waals surface area contributed by atoms with Gasteiger partial charge in [-0.3, -0.25) is 9.59 Å². The summed E-state index contributed by atoms with van der Waals surface area (Å²) in [6.45, 7) is 1.83. The predicted molar refractivity (Wildman–Crippen MR) is 151 cm³/mol. The summed E-state index contributed by atoms with van der Waals surface area (Å²) >= 11 is 11.9. The summed E-state index contributed by atoms with van der Waals surface area (Å²) in [4.78, 5) is 27.7. The molecule has 0 bridgehead atoms. The minimum atomic E-state index is -0.400. The third-order valence-corrected chi connectivity index (χ3v) is 6.95. The summed E-state index contributed by atoms with van der Waals surface area (Å²) in [6, 6.07) is 24.8. The van der Waals surface area contributed by atoms with Gasteiger partial charge in [-0.25, -0.2) is 0 Å². The first-order valence-electron chi connectivity index (χ1n) is 12.4. The summed E-state index contributed by atoms with van der Waals surface area (Å²) in [5.74, 6) is -0.200. The average Bonchev–Trinajstić information content (AvgIpc) is 2.93. The van der Waals surface area contributed by atoms with Gasteiger partial charge in [-0.15, -0.1) is 0 Å². The number of hydrogen-bond acceptors (Lipinski definition) is 4. The maximum Gasteiger partial charge on any atom is 0.251 e. The smallest absolute Gasteiger partial charge is 0.251 e. The van der Waals surface area contributed by atoms with Gasteiger partial charge in [0.2, 0.25) is 5.91 Å². The molecule has 0 spiro atoms. The van der Waals surface area contributed by atoms with Gasteiger partial charge in [0.15, 0.2) is 0 Å². The lowest BCUT2D eigenvalue weighted by atomic mass is 9.90. The van der Waals surface area contributed by atoms with Crippen molar-refractivity contribution in [1.29, 1.82) is 0 Å². The van der Waals surface area contributed by atoms with E-state index in [0.717, 1.165) is 11.1 Å². The molecule has 3 aromatic carbocycles. The molecule has 2 amide bonds. The number of halogens is 2. The summed E-state index contributed by atoms with van der Waals surface area (Å²) in [5, 5.41) is 6.88. The van der Waals surface area contributed by atoms with Crippen LogP contribution in [0.4, 0.5) is 0 Å². The maximum atomic E-state index is 13.5. The van der Waals surface area contributed by atoms with E-state index in [0.29, 0.717) is 54.6 Å². The number of hydrogen-bond donors (Lipinski definition) is 3. The van der Waals surface area contributed by atoms with Crippen molar-refractivity contribution in [1.82, 2.24) is 15.5 Å². The first-order valence-corrected chi connectivity index (χ1v) is 13.2. The molecule has 6 nitrogen and oxygen atoms in total. The molecule has 0 radical (unpaired) electrons. The molecular formula is C29H34Cl2N4O2. The number of carbonyl (C=O) groups is 2. The fourth-order valence-corrected chi connectivity index (χ4v) is 4.50.